The van der Waals surface area contributed by atoms with Crippen LogP contribution in [0.25, 0.3) is 0 Å². The van der Waals surface area contributed by atoms with Crippen molar-refractivity contribution in [2.24, 2.45) is 0 Å². The molecule has 15 heteroatoms. The van der Waals surface area contributed by atoms with Gasteiger partial charge in [0.25, 0.3) is 0 Å². The number of ether oxygens (including phenoxy) is 4. The highest BCUT2D eigenvalue weighted by Gasteiger charge is 2.31. The summed E-state index contributed by atoms with van der Waals surface area (Å²) in [7, 11) is 0. The number of esters is 3. The molecule has 52 heavy (non-hydrogen) atoms. The van der Waals surface area contributed by atoms with Crippen molar-refractivity contribution in [1.82, 2.24) is 30.9 Å². The number of rotatable bonds is 19. The van der Waals surface area contributed by atoms with Gasteiger partial charge in [0.2, 0.25) is 0 Å². The fourth-order valence-corrected chi connectivity index (χ4v) is 4.73. The van der Waals surface area contributed by atoms with Gasteiger partial charge in [-0.1, -0.05) is 18.1 Å². The Morgan fingerprint density at radius 3 is 1.71 bits per heavy atom. The predicted octanol–water partition coefficient (Wildman–Crippen LogP) is 5.92. The molecule has 1 rings (SSSR count). The van der Waals surface area contributed by atoms with Gasteiger partial charge < -0.3 is 34.9 Å². The number of aryl methyl sites for hydroxylation is 2. The second-order valence-corrected chi connectivity index (χ2v) is 17.0. The molecule has 298 valence electrons. The Morgan fingerprint density at radius 2 is 1.17 bits per heavy atom. The van der Waals surface area contributed by atoms with E-state index in [0.29, 0.717) is 25.9 Å². The Balaban J connectivity index is 2.68. The van der Waals surface area contributed by atoms with E-state index < -0.39 is 64.5 Å². The van der Waals surface area contributed by atoms with Crippen LogP contribution >= 0.6 is 0 Å². The maximum atomic E-state index is 13.2. The molecule has 3 amide bonds. The molecule has 3 N–H and O–H groups in total. The number of nitrogens with zero attached hydrogens (tertiary/aromatic N) is 3. The van der Waals surface area contributed by atoms with Crippen LogP contribution in [0.3, 0.4) is 0 Å². The molecular weight excluding hydrogens is 672 g/mol. The summed E-state index contributed by atoms with van der Waals surface area (Å²) in [4.78, 5) is 63.3. The first kappa shape index (κ1) is 46.1. The quantitative estimate of drug-likeness (QED) is 0.0868. The Bertz CT molecular complexity index is 1290. The molecule has 2 unspecified atom stereocenters. The zero-order chi connectivity index (χ0) is 39.8. The molecule has 0 saturated heterocycles. The molecule has 0 fully saturated rings. The molecule has 0 aromatic carbocycles. The maximum absolute atomic E-state index is 13.2. The molecule has 0 spiro atoms. The molecule has 0 aliphatic carbocycles. The highest BCUT2D eigenvalue weighted by Crippen LogP contribution is 2.16. The van der Waals surface area contributed by atoms with Gasteiger partial charge in [0.15, 0.2) is 0 Å². The first-order valence-corrected chi connectivity index (χ1v) is 18.4. The molecule has 0 bridgehead atoms. The number of unbranched alkanes of at least 4 members (excludes halogenated alkanes) is 4. The number of nitrogens with one attached hydrogen (secondary N) is 3. The van der Waals surface area contributed by atoms with Gasteiger partial charge in [-0.15, -0.1) is 5.10 Å². The van der Waals surface area contributed by atoms with Gasteiger partial charge in [0, 0.05) is 25.7 Å². The third-order valence-electron chi connectivity index (χ3n) is 6.79. The van der Waals surface area contributed by atoms with Gasteiger partial charge in [-0.3, -0.25) is 9.48 Å². The van der Waals surface area contributed by atoms with E-state index in [1.807, 2.05) is 27.0 Å². The number of hydrogen-bond donors (Lipinski definition) is 3. The molecule has 0 aliphatic rings. The summed E-state index contributed by atoms with van der Waals surface area (Å²) in [6.45, 7) is 22.2. The third-order valence-corrected chi connectivity index (χ3v) is 6.79. The Hall–Kier alpha value is -3.91. The number of amides is 3. The van der Waals surface area contributed by atoms with Crippen LogP contribution < -0.4 is 16.0 Å². The highest BCUT2D eigenvalue weighted by molar-refractivity contribution is 5.87. The molecule has 1 aromatic heterocycles. The van der Waals surface area contributed by atoms with Gasteiger partial charge in [-0.25, -0.2) is 19.2 Å². The monoisotopic (exact) mass is 738 g/mol. The van der Waals surface area contributed by atoms with Gasteiger partial charge in [0.05, 0.1) is 5.69 Å². The Labute approximate surface area is 310 Å². The predicted molar refractivity (Wildman–Crippen MR) is 196 cm³/mol. The van der Waals surface area contributed by atoms with E-state index in [1.54, 1.807) is 67.0 Å². The Kier molecular flexibility index (Phi) is 18.6. The van der Waals surface area contributed by atoms with E-state index in [-0.39, 0.29) is 19.3 Å². The SMILES string of the molecule is CC(C)(C)OC(=O)CCC(NC(=O)NC(CCCCn1cc(CCCCCCNC(=O)OC(C)(C)C)nn1)C(=O)OC(C)(C)C)C(=O)OC(C)(C)C. The average Bonchev–Trinajstić information content (AvgIpc) is 3.40. The fraction of sp³-hybridized carbons (Fsp3) is 0.811. The summed E-state index contributed by atoms with van der Waals surface area (Å²) < 4.78 is 23.4. The zero-order valence-electron chi connectivity index (χ0n) is 33.7. The third kappa shape index (κ3) is 23.5. The molecule has 0 radical (unpaired) electrons. The number of carbonyl (C=O) groups excluding carboxylic acids is 5. The van der Waals surface area contributed by atoms with Crippen molar-refractivity contribution in [2.45, 2.75) is 188 Å². The van der Waals surface area contributed by atoms with E-state index in [0.717, 1.165) is 37.8 Å². The van der Waals surface area contributed by atoms with Crippen LogP contribution in [0.2, 0.25) is 0 Å². The van der Waals surface area contributed by atoms with Crippen LogP contribution in [0, 0.1) is 0 Å². The number of carbonyl (C=O) groups is 5. The largest absolute Gasteiger partial charge is 0.460 e. The van der Waals surface area contributed by atoms with Crippen molar-refractivity contribution in [3.8, 4) is 0 Å². The lowest BCUT2D eigenvalue weighted by Gasteiger charge is -2.27. The standard InChI is InChI=1S/C37H66N6O9/c1-34(2,3)49-29(44)22-21-28(31(46)51-36(7,8)9)40-32(47)39-27(30(45)50-35(4,5)6)20-16-18-24-43-25-26(41-42-43)19-15-13-14-17-23-38-33(48)52-37(10,11)12/h25,27-28H,13-24H2,1-12H3,(H,38,48)(H2,39,40,47). The number of aromatic nitrogens is 3. The molecule has 2 atom stereocenters. The van der Waals surface area contributed by atoms with Gasteiger partial charge in [-0.2, -0.15) is 0 Å². The van der Waals surface area contributed by atoms with Crippen molar-refractivity contribution in [3.63, 3.8) is 0 Å². The lowest BCUT2D eigenvalue weighted by Crippen LogP contribution is -2.53. The lowest BCUT2D eigenvalue weighted by molar-refractivity contribution is -0.159. The van der Waals surface area contributed by atoms with Crippen molar-refractivity contribution in [1.29, 1.82) is 0 Å². The second kappa shape index (κ2) is 21.0. The molecule has 0 aliphatic heterocycles. The number of alkyl carbamates (subject to hydrolysis) is 1. The van der Waals surface area contributed by atoms with E-state index in [4.69, 9.17) is 18.9 Å². The summed E-state index contributed by atoms with van der Waals surface area (Å²) in [5.41, 5.74) is -1.93. The minimum absolute atomic E-state index is 0.0540. The van der Waals surface area contributed by atoms with E-state index in [2.05, 4.69) is 26.3 Å². The molecular formula is C37H66N6O9. The summed E-state index contributed by atoms with van der Waals surface area (Å²) in [6.07, 6.45) is 7.41. The van der Waals surface area contributed by atoms with Crippen LogP contribution in [0.1, 0.15) is 147 Å². The normalized spacial score (nSPS) is 13.4. The van der Waals surface area contributed by atoms with Crippen LogP contribution in [-0.4, -0.2) is 86.1 Å². The zero-order valence-corrected chi connectivity index (χ0v) is 33.7. The van der Waals surface area contributed by atoms with Crippen LogP contribution in [0.15, 0.2) is 6.20 Å². The van der Waals surface area contributed by atoms with E-state index >= 15 is 0 Å². The number of hydrogen-bond acceptors (Lipinski definition) is 11. The van der Waals surface area contributed by atoms with E-state index in [1.165, 1.54) is 0 Å². The summed E-state index contributed by atoms with van der Waals surface area (Å²) in [6, 6.07) is -2.92. The smallest absolute Gasteiger partial charge is 0.407 e. The topological polar surface area (TPSA) is 189 Å². The van der Waals surface area contributed by atoms with Crippen molar-refractivity contribution in [3.05, 3.63) is 11.9 Å². The minimum Gasteiger partial charge on any atom is -0.460 e. The molecule has 1 aromatic rings. The summed E-state index contributed by atoms with van der Waals surface area (Å²) in [5, 5.41) is 16.5. The average molecular weight is 739 g/mol. The van der Waals surface area contributed by atoms with Crippen molar-refractivity contribution < 1.29 is 42.9 Å². The Morgan fingerprint density at radius 1 is 0.654 bits per heavy atom. The lowest BCUT2D eigenvalue weighted by atomic mass is 10.1. The highest BCUT2D eigenvalue weighted by atomic mass is 16.6. The summed E-state index contributed by atoms with van der Waals surface area (Å²) >= 11 is 0. The maximum Gasteiger partial charge on any atom is 0.407 e. The van der Waals surface area contributed by atoms with Crippen LogP contribution in [0.4, 0.5) is 9.59 Å². The van der Waals surface area contributed by atoms with Gasteiger partial charge in [0.1, 0.15) is 34.5 Å². The minimum atomic E-state index is -1.16. The second-order valence-electron chi connectivity index (χ2n) is 17.0. The molecule has 0 saturated carbocycles. The van der Waals surface area contributed by atoms with Crippen LogP contribution in [0.5, 0.6) is 0 Å². The van der Waals surface area contributed by atoms with E-state index in [9.17, 15) is 24.0 Å². The van der Waals surface area contributed by atoms with Crippen LogP contribution in [-0.2, 0) is 46.3 Å². The first-order valence-electron chi connectivity index (χ1n) is 18.4. The first-order chi connectivity index (χ1) is 23.8. The fourth-order valence-electron chi connectivity index (χ4n) is 4.73. The molecule has 15 nitrogen and oxygen atoms in total. The number of urea groups is 1. The van der Waals surface area contributed by atoms with Crippen molar-refractivity contribution in [2.75, 3.05) is 6.54 Å². The van der Waals surface area contributed by atoms with Gasteiger partial charge in [-0.05, 0) is 128 Å². The van der Waals surface area contributed by atoms with Gasteiger partial charge >= 0.3 is 30.0 Å². The molecule has 1 heterocycles. The van der Waals surface area contributed by atoms with Crippen molar-refractivity contribution >= 4 is 30.0 Å². The summed E-state index contributed by atoms with van der Waals surface area (Å²) in [5.74, 6) is -1.83.